The van der Waals surface area contributed by atoms with Crippen LogP contribution in [0.2, 0.25) is 5.02 Å². The molecule has 29 heavy (non-hydrogen) atoms. The van der Waals surface area contributed by atoms with Crippen LogP contribution < -0.4 is 0 Å². The molecule has 8 heteroatoms. The summed E-state index contributed by atoms with van der Waals surface area (Å²) in [6, 6.07) is 11.9. The first-order chi connectivity index (χ1) is 13.8. The maximum Gasteiger partial charge on any atom is 0.253 e. The highest BCUT2D eigenvalue weighted by Gasteiger charge is 2.21. The van der Waals surface area contributed by atoms with Crippen LogP contribution in [-0.4, -0.2) is 62.6 Å². The van der Waals surface area contributed by atoms with Crippen LogP contribution in [0.4, 0.5) is 4.39 Å². The lowest BCUT2D eigenvalue weighted by Crippen LogP contribution is -2.35. The minimum absolute atomic E-state index is 0.0142. The molecule has 5 nitrogen and oxygen atoms in total. The average Bonchev–Trinajstić information content (AvgIpc) is 2.93. The van der Waals surface area contributed by atoms with Crippen molar-refractivity contribution in [1.29, 1.82) is 0 Å². The second-order valence-electron chi connectivity index (χ2n) is 7.12. The van der Waals surface area contributed by atoms with E-state index in [0.29, 0.717) is 43.2 Å². The largest absolute Gasteiger partial charge is 0.337 e. The highest BCUT2D eigenvalue weighted by Crippen LogP contribution is 2.16. The van der Waals surface area contributed by atoms with E-state index in [1.165, 1.54) is 12.1 Å². The topological polar surface area (TPSA) is 57.7 Å². The summed E-state index contributed by atoms with van der Waals surface area (Å²) >= 11 is 5.98. The Morgan fingerprint density at radius 2 is 1.79 bits per heavy atom. The molecule has 0 N–H and O–H groups in total. The molecule has 1 fully saturated rings. The molecule has 2 aromatic carbocycles. The normalized spacial score (nSPS) is 15.9. The molecule has 0 aliphatic carbocycles. The molecule has 0 unspecified atom stereocenters. The Kier molecular flexibility index (Phi) is 7.27. The molecule has 1 heterocycles. The second-order valence-corrected chi connectivity index (χ2v) is 9.67. The third-order valence-electron chi connectivity index (χ3n) is 5.01. The molecule has 0 bridgehead atoms. The fourth-order valence-corrected chi connectivity index (χ4v) is 4.93. The Bertz CT molecular complexity index is 951. The molecule has 156 valence electrons. The van der Waals surface area contributed by atoms with Crippen LogP contribution in [-0.2, 0) is 9.84 Å². The summed E-state index contributed by atoms with van der Waals surface area (Å²) in [5.74, 6) is -0.473. The number of hydrogen-bond donors (Lipinski definition) is 0. The lowest BCUT2D eigenvalue weighted by Gasteiger charge is -2.22. The number of carbonyl (C=O) groups excluding carboxylic acids is 1. The van der Waals surface area contributed by atoms with Gasteiger partial charge >= 0.3 is 0 Å². The van der Waals surface area contributed by atoms with Crippen molar-refractivity contribution in [2.24, 2.45) is 0 Å². The minimum atomic E-state index is -3.42. The molecule has 0 aromatic heterocycles. The lowest BCUT2D eigenvalue weighted by molar-refractivity contribution is 0.0761. The zero-order chi connectivity index (χ0) is 20.9. The number of amides is 1. The number of carbonyl (C=O) groups is 1. The van der Waals surface area contributed by atoms with Crippen molar-refractivity contribution >= 4 is 27.3 Å². The summed E-state index contributed by atoms with van der Waals surface area (Å²) in [5, 5.41) is 0.537. The highest BCUT2D eigenvalue weighted by atomic mass is 35.5. The van der Waals surface area contributed by atoms with Gasteiger partial charge in [-0.05, 0) is 68.4 Å². The zero-order valence-corrected chi connectivity index (χ0v) is 17.6. The summed E-state index contributed by atoms with van der Waals surface area (Å²) < 4.78 is 37.7. The van der Waals surface area contributed by atoms with Crippen molar-refractivity contribution < 1.29 is 17.6 Å². The van der Waals surface area contributed by atoms with Gasteiger partial charge in [0.15, 0.2) is 9.84 Å². The van der Waals surface area contributed by atoms with E-state index >= 15 is 0 Å². The predicted octanol–water partition coefficient (Wildman–Crippen LogP) is 3.49. The van der Waals surface area contributed by atoms with E-state index < -0.39 is 15.7 Å². The van der Waals surface area contributed by atoms with E-state index in [0.717, 1.165) is 25.1 Å². The van der Waals surface area contributed by atoms with Gasteiger partial charge in [0, 0.05) is 30.2 Å². The van der Waals surface area contributed by atoms with E-state index in [9.17, 15) is 17.6 Å². The zero-order valence-electron chi connectivity index (χ0n) is 16.1. The molecule has 3 rings (SSSR count). The molecule has 2 aromatic rings. The van der Waals surface area contributed by atoms with Gasteiger partial charge in [-0.3, -0.25) is 4.79 Å². The predicted molar refractivity (Wildman–Crippen MR) is 111 cm³/mol. The summed E-state index contributed by atoms with van der Waals surface area (Å²) in [7, 11) is -3.42. The SMILES string of the molecule is O=C(c1cccc(Cl)c1)N1CCCN(CCCS(=O)(=O)c2ccc(F)cc2)CC1. The highest BCUT2D eigenvalue weighted by molar-refractivity contribution is 7.91. The molecule has 0 radical (unpaired) electrons. The van der Waals surface area contributed by atoms with E-state index in [4.69, 9.17) is 11.6 Å². The van der Waals surface area contributed by atoms with Gasteiger partial charge < -0.3 is 9.80 Å². The van der Waals surface area contributed by atoms with Crippen molar-refractivity contribution in [3.63, 3.8) is 0 Å². The lowest BCUT2D eigenvalue weighted by atomic mass is 10.2. The van der Waals surface area contributed by atoms with Crippen LogP contribution in [0, 0.1) is 5.82 Å². The summed E-state index contributed by atoms with van der Waals surface area (Å²) in [6.45, 7) is 3.41. The Morgan fingerprint density at radius 3 is 2.52 bits per heavy atom. The molecular weight excluding hydrogens is 415 g/mol. The van der Waals surface area contributed by atoms with Gasteiger partial charge in [-0.15, -0.1) is 0 Å². The second kappa shape index (κ2) is 9.69. The van der Waals surface area contributed by atoms with Crippen LogP contribution in [0.1, 0.15) is 23.2 Å². The fourth-order valence-electron chi connectivity index (χ4n) is 3.44. The first-order valence-corrected chi connectivity index (χ1v) is 11.6. The third kappa shape index (κ3) is 6.01. The van der Waals surface area contributed by atoms with Gasteiger partial charge in [-0.2, -0.15) is 0 Å². The fraction of sp³-hybridized carbons (Fsp3) is 0.381. The number of sulfone groups is 1. The Labute approximate surface area is 176 Å². The third-order valence-corrected chi connectivity index (χ3v) is 7.06. The molecule has 0 atom stereocenters. The van der Waals surface area contributed by atoms with E-state index in [1.54, 1.807) is 24.3 Å². The maximum atomic E-state index is 13.0. The van der Waals surface area contributed by atoms with Gasteiger partial charge in [0.05, 0.1) is 10.6 Å². The minimum Gasteiger partial charge on any atom is -0.337 e. The van der Waals surface area contributed by atoms with Crippen molar-refractivity contribution in [3.05, 3.63) is 64.9 Å². The molecule has 1 aliphatic heterocycles. The van der Waals surface area contributed by atoms with E-state index in [-0.39, 0.29) is 16.6 Å². The number of nitrogens with zero attached hydrogens (tertiary/aromatic N) is 2. The van der Waals surface area contributed by atoms with E-state index in [1.807, 2.05) is 4.90 Å². The molecule has 1 amide bonds. The van der Waals surface area contributed by atoms with Gasteiger partial charge in [0.25, 0.3) is 5.91 Å². The smallest absolute Gasteiger partial charge is 0.253 e. The maximum absolute atomic E-state index is 13.0. The summed E-state index contributed by atoms with van der Waals surface area (Å²) in [4.78, 5) is 16.8. The first-order valence-electron chi connectivity index (χ1n) is 9.61. The molecule has 0 spiro atoms. The number of rotatable bonds is 6. The van der Waals surface area contributed by atoms with Crippen molar-refractivity contribution in [3.8, 4) is 0 Å². The van der Waals surface area contributed by atoms with Crippen LogP contribution in [0.25, 0.3) is 0 Å². The van der Waals surface area contributed by atoms with Crippen LogP contribution in [0.5, 0.6) is 0 Å². The number of hydrogen-bond acceptors (Lipinski definition) is 4. The van der Waals surface area contributed by atoms with Gasteiger partial charge in [0.2, 0.25) is 0 Å². The summed E-state index contributed by atoms with van der Waals surface area (Å²) in [5.41, 5.74) is 0.580. The monoisotopic (exact) mass is 438 g/mol. The van der Waals surface area contributed by atoms with Crippen molar-refractivity contribution in [2.45, 2.75) is 17.7 Å². The van der Waals surface area contributed by atoms with E-state index in [2.05, 4.69) is 4.90 Å². The van der Waals surface area contributed by atoms with Gasteiger partial charge in [0.1, 0.15) is 5.82 Å². The molecule has 0 saturated carbocycles. The van der Waals surface area contributed by atoms with Crippen LogP contribution in [0.3, 0.4) is 0 Å². The van der Waals surface area contributed by atoms with Gasteiger partial charge in [-0.25, -0.2) is 12.8 Å². The van der Waals surface area contributed by atoms with Crippen LogP contribution >= 0.6 is 11.6 Å². The average molecular weight is 439 g/mol. The molecular formula is C21H24ClFN2O3S. The molecule has 1 saturated heterocycles. The Hall–Kier alpha value is -1.96. The van der Waals surface area contributed by atoms with Gasteiger partial charge in [-0.1, -0.05) is 17.7 Å². The van der Waals surface area contributed by atoms with Crippen LogP contribution in [0.15, 0.2) is 53.4 Å². The molecule has 1 aliphatic rings. The summed E-state index contributed by atoms with van der Waals surface area (Å²) in [6.07, 6.45) is 1.32. The van der Waals surface area contributed by atoms with Crippen molar-refractivity contribution in [1.82, 2.24) is 9.80 Å². The van der Waals surface area contributed by atoms with Crippen molar-refractivity contribution in [2.75, 3.05) is 38.5 Å². The number of benzene rings is 2. The quantitative estimate of drug-likeness (QED) is 0.648. The number of halogens is 2. The standard InChI is InChI=1S/C21H24ClFN2O3S/c22-18-5-1-4-17(16-18)21(26)25-12-2-10-24(13-14-25)11-3-15-29(27,28)20-8-6-19(23)7-9-20/h1,4-9,16H,2-3,10-15H2. The Morgan fingerprint density at radius 1 is 1.03 bits per heavy atom. The Balaban J connectivity index is 1.50. The first kappa shape index (κ1) is 21.7.